The topological polar surface area (TPSA) is 64.3 Å². The molecule has 0 atom stereocenters. The van der Waals surface area contributed by atoms with Crippen molar-refractivity contribution in [2.24, 2.45) is 5.92 Å². The molecule has 2 aromatic heterocycles. The summed E-state index contributed by atoms with van der Waals surface area (Å²) in [6.07, 6.45) is 1.44. The number of benzene rings is 1. The van der Waals surface area contributed by atoms with Crippen molar-refractivity contribution in [1.29, 1.82) is 0 Å². The lowest BCUT2D eigenvalue weighted by Crippen LogP contribution is -2.39. The Balaban J connectivity index is 2.04. The minimum Gasteiger partial charge on any atom is -0.337 e. The number of hydrogen-bond acceptors (Lipinski definition) is 4. The molecule has 1 aliphatic heterocycles. The highest BCUT2D eigenvalue weighted by atomic mass is 35.5. The van der Waals surface area contributed by atoms with Gasteiger partial charge in [-0.05, 0) is 48.9 Å². The number of aryl methyl sites for hydroxylation is 1. The molecule has 1 aliphatic rings. The highest BCUT2D eigenvalue weighted by Gasteiger charge is 2.27. The molecular weight excluding hydrogens is 434 g/mol. The van der Waals surface area contributed by atoms with Gasteiger partial charge in [-0.2, -0.15) is 0 Å². The summed E-state index contributed by atoms with van der Waals surface area (Å²) in [7, 11) is 0. The first kappa shape index (κ1) is 21.8. The third-order valence-electron chi connectivity index (χ3n) is 5.98. The van der Waals surface area contributed by atoms with Gasteiger partial charge in [0.15, 0.2) is 0 Å². The van der Waals surface area contributed by atoms with E-state index >= 15 is 0 Å². The van der Waals surface area contributed by atoms with Crippen LogP contribution >= 0.6 is 22.9 Å². The standard InChI is InChI=1S/C23H26ClN3O3S/c1-13(2)8-11-26-22-20(16-9-10-25(15(4)28)12-19(16)31-22)21(29)27(23(26)30)18-7-5-6-17(24)14(18)3/h5-7,13H,8-12H2,1-4H3. The van der Waals surface area contributed by atoms with Crippen LogP contribution in [0.1, 0.15) is 43.2 Å². The van der Waals surface area contributed by atoms with Crippen LogP contribution in [0, 0.1) is 12.8 Å². The quantitative estimate of drug-likeness (QED) is 0.589. The van der Waals surface area contributed by atoms with Crippen molar-refractivity contribution < 1.29 is 4.79 Å². The van der Waals surface area contributed by atoms with Gasteiger partial charge in [-0.3, -0.25) is 14.2 Å². The zero-order chi connectivity index (χ0) is 22.4. The Labute approximate surface area is 189 Å². The third-order valence-corrected chi connectivity index (χ3v) is 7.63. The van der Waals surface area contributed by atoms with Gasteiger partial charge < -0.3 is 4.90 Å². The van der Waals surface area contributed by atoms with Crippen molar-refractivity contribution in [2.75, 3.05) is 6.54 Å². The van der Waals surface area contributed by atoms with Crippen LogP contribution in [0.5, 0.6) is 0 Å². The van der Waals surface area contributed by atoms with Crippen LogP contribution < -0.4 is 11.2 Å². The largest absolute Gasteiger partial charge is 0.337 e. The molecule has 31 heavy (non-hydrogen) atoms. The zero-order valence-corrected chi connectivity index (χ0v) is 19.8. The summed E-state index contributed by atoms with van der Waals surface area (Å²) in [6, 6.07) is 5.27. The summed E-state index contributed by atoms with van der Waals surface area (Å²) in [6.45, 7) is 9.20. The molecule has 1 aromatic carbocycles. The van der Waals surface area contributed by atoms with Crippen molar-refractivity contribution in [1.82, 2.24) is 14.0 Å². The molecule has 0 N–H and O–H groups in total. The number of hydrogen-bond donors (Lipinski definition) is 0. The summed E-state index contributed by atoms with van der Waals surface area (Å²) in [5.41, 5.74) is 1.54. The average molecular weight is 460 g/mol. The van der Waals surface area contributed by atoms with Gasteiger partial charge >= 0.3 is 5.69 Å². The number of rotatable bonds is 4. The molecule has 8 heteroatoms. The van der Waals surface area contributed by atoms with Gasteiger partial charge in [-0.25, -0.2) is 9.36 Å². The molecule has 0 saturated heterocycles. The van der Waals surface area contributed by atoms with Crippen LogP contribution in [-0.2, 0) is 24.3 Å². The highest BCUT2D eigenvalue weighted by molar-refractivity contribution is 7.18. The van der Waals surface area contributed by atoms with Gasteiger partial charge in [0, 0.05) is 29.9 Å². The smallest absolute Gasteiger partial charge is 0.336 e. The number of aromatic nitrogens is 2. The maximum atomic E-state index is 13.7. The Morgan fingerprint density at radius 1 is 1.26 bits per heavy atom. The average Bonchev–Trinajstić information content (AvgIpc) is 3.09. The van der Waals surface area contributed by atoms with Crippen molar-refractivity contribution in [3.63, 3.8) is 0 Å². The molecule has 0 aliphatic carbocycles. The lowest BCUT2D eigenvalue weighted by Gasteiger charge is -2.25. The first-order valence-electron chi connectivity index (χ1n) is 10.5. The summed E-state index contributed by atoms with van der Waals surface area (Å²) >= 11 is 7.78. The predicted molar refractivity (Wildman–Crippen MR) is 126 cm³/mol. The zero-order valence-electron chi connectivity index (χ0n) is 18.2. The summed E-state index contributed by atoms with van der Waals surface area (Å²) in [5.74, 6) is 0.435. The lowest BCUT2D eigenvalue weighted by molar-refractivity contribution is -0.129. The van der Waals surface area contributed by atoms with E-state index in [0.717, 1.165) is 16.9 Å². The van der Waals surface area contributed by atoms with Crippen LogP contribution in [0.15, 0.2) is 27.8 Å². The van der Waals surface area contributed by atoms with Crippen molar-refractivity contribution >= 4 is 39.1 Å². The van der Waals surface area contributed by atoms with Crippen LogP contribution in [0.2, 0.25) is 5.02 Å². The molecule has 1 amide bonds. The molecule has 3 heterocycles. The minimum atomic E-state index is -0.342. The van der Waals surface area contributed by atoms with Crippen molar-refractivity contribution in [3.05, 3.63) is 60.1 Å². The maximum Gasteiger partial charge on any atom is 0.336 e. The molecule has 3 aromatic rings. The van der Waals surface area contributed by atoms with E-state index in [1.165, 1.54) is 15.9 Å². The molecule has 0 fully saturated rings. The van der Waals surface area contributed by atoms with E-state index in [-0.39, 0.29) is 17.2 Å². The van der Waals surface area contributed by atoms with Crippen LogP contribution in [0.3, 0.4) is 0 Å². The van der Waals surface area contributed by atoms with Gasteiger partial charge in [0.05, 0.1) is 17.6 Å². The number of amides is 1. The molecule has 0 unspecified atom stereocenters. The first-order chi connectivity index (χ1) is 14.7. The minimum absolute atomic E-state index is 0.0206. The molecule has 0 radical (unpaired) electrons. The number of thiophene rings is 1. The third kappa shape index (κ3) is 3.74. The predicted octanol–water partition coefficient (Wildman–Crippen LogP) is 4.13. The number of fused-ring (bicyclic) bond motifs is 3. The van der Waals surface area contributed by atoms with Gasteiger partial charge in [0.25, 0.3) is 5.56 Å². The lowest BCUT2D eigenvalue weighted by atomic mass is 10.0. The van der Waals surface area contributed by atoms with E-state index < -0.39 is 0 Å². The van der Waals surface area contributed by atoms with E-state index in [9.17, 15) is 14.4 Å². The van der Waals surface area contributed by atoms with Gasteiger partial charge in [-0.1, -0.05) is 31.5 Å². The van der Waals surface area contributed by atoms with Crippen LogP contribution in [0.25, 0.3) is 15.9 Å². The second kappa shape index (κ2) is 8.28. The Morgan fingerprint density at radius 2 is 2.00 bits per heavy atom. The molecule has 0 saturated carbocycles. The molecular formula is C23H26ClN3O3S. The molecule has 6 nitrogen and oxygen atoms in total. The van der Waals surface area contributed by atoms with Gasteiger partial charge in [-0.15, -0.1) is 11.3 Å². The number of carbonyl (C=O) groups excluding carboxylic acids is 1. The fraction of sp³-hybridized carbons (Fsp3) is 0.435. The second-order valence-corrected chi connectivity index (χ2v) is 10.0. The Bertz CT molecular complexity index is 1300. The number of halogens is 1. The van der Waals surface area contributed by atoms with E-state index in [0.29, 0.717) is 58.5 Å². The van der Waals surface area contributed by atoms with Crippen molar-refractivity contribution in [2.45, 2.75) is 53.6 Å². The second-order valence-electron chi connectivity index (χ2n) is 8.52. The summed E-state index contributed by atoms with van der Waals surface area (Å²) < 4.78 is 3.01. The van der Waals surface area contributed by atoms with Crippen LogP contribution in [0.4, 0.5) is 0 Å². The Morgan fingerprint density at radius 3 is 2.68 bits per heavy atom. The van der Waals surface area contributed by atoms with Crippen molar-refractivity contribution in [3.8, 4) is 5.69 Å². The van der Waals surface area contributed by atoms with E-state index in [4.69, 9.17) is 11.6 Å². The maximum absolute atomic E-state index is 13.7. The Kier molecular flexibility index (Phi) is 5.83. The van der Waals surface area contributed by atoms with E-state index in [2.05, 4.69) is 13.8 Å². The molecule has 0 bridgehead atoms. The monoisotopic (exact) mass is 459 g/mol. The Hall–Kier alpha value is -2.38. The number of nitrogens with zero attached hydrogens (tertiary/aromatic N) is 3. The van der Waals surface area contributed by atoms with E-state index in [1.807, 2.05) is 6.92 Å². The van der Waals surface area contributed by atoms with Crippen LogP contribution in [-0.4, -0.2) is 26.5 Å². The van der Waals surface area contributed by atoms with E-state index in [1.54, 1.807) is 34.6 Å². The SMILES string of the molecule is CC(=O)N1CCc2c(sc3c2c(=O)n(-c2cccc(Cl)c2C)c(=O)n3CCC(C)C)C1. The fourth-order valence-electron chi connectivity index (χ4n) is 4.11. The molecule has 0 spiro atoms. The highest BCUT2D eigenvalue weighted by Crippen LogP contribution is 2.33. The fourth-order valence-corrected chi connectivity index (χ4v) is 5.65. The van der Waals surface area contributed by atoms with Gasteiger partial charge in [0.1, 0.15) is 4.83 Å². The normalized spacial score (nSPS) is 13.8. The number of carbonyl (C=O) groups is 1. The van der Waals surface area contributed by atoms with Gasteiger partial charge in [0.2, 0.25) is 5.91 Å². The summed E-state index contributed by atoms with van der Waals surface area (Å²) in [4.78, 5) is 42.7. The molecule has 164 valence electrons. The first-order valence-corrected chi connectivity index (χ1v) is 11.7. The summed E-state index contributed by atoms with van der Waals surface area (Å²) in [5, 5.41) is 1.12. The molecule has 4 rings (SSSR count).